The number of hydrogen-bond acceptors (Lipinski definition) is 7. The molecule has 0 bridgehead atoms. The first-order chi connectivity index (χ1) is 24.9. The van der Waals surface area contributed by atoms with Gasteiger partial charge in [0, 0.05) is 12.8 Å². The third-order valence-corrected chi connectivity index (χ3v) is 9.01. The maximum Gasteiger partial charge on any atom is 0.305 e. The van der Waals surface area contributed by atoms with Gasteiger partial charge in [0.2, 0.25) is 0 Å². The van der Waals surface area contributed by atoms with Crippen LogP contribution in [0.25, 0.3) is 0 Å². The van der Waals surface area contributed by atoms with Crippen molar-refractivity contribution in [1.29, 1.82) is 0 Å². The Morgan fingerprint density at radius 3 is 1.39 bits per heavy atom. The first-order valence-corrected chi connectivity index (χ1v) is 20.9. The van der Waals surface area contributed by atoms with Crippen LogP contribution in [0.1, 0.15) is 187 Å². The van der Waals surface area contributed by atoms with E-state index in [2.05, 4.69) is 19.9 Å². The predicted molar refractivity (Wildman–Crippen MR) is 213 cm³/mol. The number of aliphatic hydroxyl groups is 3. The van der Waals surface area contributed by atoms with Gasteiger partial charge >= 0.3 is 11.9 Å². The van der Waals surface area contributed by atoms with Crippen LogP contribution in [-0.2, 0) is 19.1 Å². The summed E-state index contributed by atoms with van der Waals surface area (Å²) in [6.07, 6.45) is 42.3. The van der Waals surface area contributed by atoms with Crippen LogP contribution in [0, 0.1) is 0 Å². The lowest BCUT2D eigenvalue weighted by Crippen LogP contribution is -2.25. The molecule has 0 aromatic heterocycles. The smallest absolute Gasteiger partial charge is 0.305 e. The Morgan fingerprint density at radius 1 is 0.490 bits per heavy atom. The van der Waals surface area contributed by atoms with Crippen LogP contribution in [0.5, 0.6) is 0 Å². The Labute approximate surface area is 313 Å². The lowest BCUT2D eigenvalue weighted by molar-refractivity contribution is -0.152. The highest BCUT2D eigenvalue weighted by Gasteiger charge is 2.12. The number of hydrogen-bond donors (Lipinski definition) is 3. The van der Waals surface area contributed by atoms with E-state index in [4.69, 9.17) is 9.47 Å². The van der Waals surface area contributed by atoms with Crippen LogP contribution < -0.4 is 0 Å². The molecule has 0 amide bonds. The highest BCUT2D eigenvalue weighted by atomic mass is 16.6. The Kier molecular flexibility index (Phi) is 37.3. The lowest BCUT2D eigenvalue weighted by Gasteiger charge is -2.12. The SMILES string of the molecule is CCCCC/C=C\C[C@@H](O)/C=C/C=C/C=C\[C@@H](O)CCCC(=O)OC[C@@H](O)COC(=O)CCCCCCCCCCCCCCCCCCCC. The Bertz CT molecular complexity index is 894. The van der Waals surface area contributed by atoms with Crippen LogP contribution in [0.2, 0.25) is 0 Å². The molecule has 0 fully saturated rings. The summed E-state index contributed by atoms with van der Waals surface area (Å²) in [5.41, 5.74) is 0. The Morgan fingerprint density at radius 2 is 0.902 bits per heavy atom. The summed E-state index contributed by atoms with van der Waals surface area (Å²) < 4.78 is 10.2. The molecule has 0 aromatic carbocycles. The molecule has 51 heavy (non-hydrogen) atoms. The van der Waals surface area contributed by atoms with E-state index in [0.29, 0.717) is 25.7 Å². The van der Waals surface area contributed by atoms with Gasteiger partial charge in [-0.05, 0) is 38.5 Å². The third kappa shape index (κ3) is 38.8. The van der Waals surface area contributed by atoms with E-state index in [-0.39, 0.29) is 25.6 Å². The highest BCUT2D eigenvalue weighted by Crippen LogP contribution is 2.15. The van der Waals surface area contributed by atoms with E-state index < -0.39 is 24.3 Å². The van der Waals surface area contributed by atoms with Gasteiger partial charge in [0.05, 0.1) is 12.2 Å². The molecule has 0 radical (unpaired) electrons. The van der Waals surface area contributed by atoms with Gasteiger partial charge in [-0.15, -0.1) is 0 Å². The van der Waals surface area contributed by atoms with E-state index in [1.807, 2.05) is 6.08 Å². The molecule has 0 aliphatic heterocycles. The van der Waals surface area contributed by atoms with Crippen molar-refractivity contribution >= 4 is 11.9 Å². The van der Waals surface area contributed by atoms with Crippen molar-refractivity contribution in [3.05, 3.63) is 48.6 Å². The molecule has 0 saturated carbocycles. The van der Waals surface area contributed by atoms with Crippen molar-refractivity contribution in [2.24, 2.45) is 0 Å². The van der Waals surface area contributed by atoms with Gasteiger partial charge in [0.1, 0.15) is 19.3 Å². The average Bonchev–Trinajstić information content (AvgIpc) is 3.12. The number of rotatable bonds is 37. The molecule has 3 atom stereocenters. The Hall–Kier alpha value is -2.22. The topological polar surface area (TPSA) is 113 Å². The minimum atomic E-state index is -1.05. The fourth-order valence-corrected chi connectivity index (χ4v) is 5.75. The molecular weight excluding hydrogens is 640 g/mol. The number of unbranched alkanes of at least 4 members (excludes halogenated alkanes) is 20. The zero-order valence-corrected chi connectivity index (χ0v) is 32.8. The second-order valence-electron chi connectivity index (χ2n) is 14.2. The van der Waals surface area contributed by atoms with Crippen LogP contribution in [0.15, 0.2) is 48.6 Å². The van der Waals surface area contributed by atoms with E-state index in [0.717, 1.165) is 25.7 Å². The Balaban J connectivity index is 3.65. The zero-order valence-electron chi connectivity index (χ0n) is 32.8. The van der Waals surface area contributed by atoms with Crippen LogP contribution in [-0.4, -0.2) is 58.8 Å². The van der Waals surface area contributed by atoms with Gasteiger partial charge < -0.3 is 24.8 Å². The number of carbonyl (C=O) groups excluding carboxylic acids is 2. The van der Waals surface area contributed by atoms with E-state index in [1.54, 1.807) is 36.5 Å². The molecule has 0 aromatic rings. The fraction of sp³-hybridized carbons (Fsp3) is 0.773. The molecule has 0 unspecified atom stereocenters. The largest absolute Gasteiger partial charge is 0.463 e. The van der Waals surface area contributed by atoms with Crippen LogP contribution >= 0.6 is 0 Å². The fourth-order valence-electron chi connectivity index (χ4n) is 5.75. The van der Waals surface area contributed by atoms with Crippen molar-refractivity contribution in [2.45, 2.75) is 206 Å². The van der Waals surface area contributed by atoms with Crippen molar-refractivity contribution in [3.8, 4) is 0 Å². The summed E-state index contributed by atoms with van der Waals surface area (Å²) in [5, 5.41) is 30.1. The van der Waals surface area contributed by atoms with E-state index >= 15 is 0 Å². The molecule has 7 nitrogen and oxygen atoms in total. The second kappa shape index (κ2) is 39.0. The van der Waals surface area contributed by atoms with E-state index in [1.165, 1.54) is 116 Å². The maximum atomic E-state index is 12.0. The summed E-state index contributed by atoms with van der Waals surface area (Å²) >= 11 is 0. The monoisotopic (exact) mass is 719 g/mol. The molecule has 0 heterocycles. The molecule has 0 aliphatic rings. The van der Waals surface area contributed by atoms with Gasteiger partial charge in [-0.3, -0.25) is 9.59 Å². The summed E-state index contributed by atoms with van der Waals surface area (Å²) in [6.45, 7) is 4.04. The first-order valence-electron chi connectivity index (χ1n) is 20.9. The summed E-state index contributed by atoms with van der Waals surface area (Å²) in [7, 11) is 0. The predicted octanol–water partition coefficient (Wildman–Crippen LogP) is 11.0. The van der Waals surface area contributed by atoms with Gasteiger partial charge in [-0.1, -0.05) is 184 Å². The number of ether oxygens (including phenoxy) is 2. The first kappa shape index (κ1) is 48.8. The number of allylic oxidation sites excluding steroid dienone is 5. The van der Waals surface area contributed by atoms with Crippen molar-refractivity contribution in [3.63, 3.8) is 0 Å². The van der Waals surface area contributed by atoms with Crippen LogP contribution in [0.4, 0.5) is 0 Å². The van der Waals surface area contributed by atoms with Crippen LogP contribution in [0.3, 0.4) is 0 Å². The average molecular weight is 719 g/mol. The maximum absolute atomic E-state index is 12.0. The number of esters is 2. The number of carbonyl (C=O) groups is 2. The van der Waals surface area contributed by atoms with Crippen molar-refractivity contribution < 1.29 is 34.4 Å². The third-order valence-electron chi connectivity index (χ3n) is 9.01. The lowest BCUT2D eigenvalue weighted by atomic mass is 10.0. The van der Waals surface area contributed by atoms with Gasteiger partial charge in [-0.25, -0.2) is 0 Å². The minimum Gasteiger partial charge on any atom is -0.463 e. The molecule has 3 N–H and O–H groups in total. The normalized spacial score (nSPS) is 13.9. The van der Waals surface area contributed by atoms with Crippen molar-refractivity contribution in [1.82, 2.24) is 0 Å². The van der Waals surface area contributed by atoms with E-state index in [9.17, 15) is 24.9 Å². The second-order valence-corrected chi connectivity index (χ2v) is 14.2. The molecule has 7 heteroatoms. The summed E-state index contributed by atoms with van der Waals surface area (Å²) in [4.78, 5) is 24.0. The summed E-state index contributed by atoms with van der Waals surface area (Å²) in [6, 6.07) is 0. The summed E-state index contributed by atoms with van der Waals surface area (Å²) in [5.74, 6) is -0.793. The molecule has 0 rings (SSSR count). The number of aliphatic hydroxyl groups excluding tert-OH is 3. The molecular formula is C44H78O7. The minimum absolute atomic E-state index is 0.125. The molecule has 0 saturated heterocycles. The van der Waals surface area contributed by atoms with Gasteiger partial charge in [0.25, 0.3) is 0 Å². The van der Waals surface area contributed by atoms with Gasteiger partial charge in [0.15, 0.2) is 0 Å². The molecule has 296 valence electrons. The highest BCUT2D eigenvalue weighted by molar-refractivity contribution is 5.69. The standard InChI is InChI=1S/C44H78O7/c1-3-5-7-9-11-12-13-14-15-16-17-18-19-20-21-22-24-30-36-43(48)50-38-42(47)39-51-44(49)37-31-35-41(46)34-29-26-25-28-33-40(45)32-27-23-10-8-6-4-2/h23,25-29,33-34,40-42,45-47H,3-22,24,30-32,35-39H2,1-2H3/b26-25+,27-23-,33-28+,34-29-/t40-,41-,42+/m1/s1. The zero-order chi connectivity index (χ0) is 37.5. The molecule has 0 spiro atoms. The van der Waals surface area contributed by atoms with Crippen molar-refractivity contribution in [2.75, 3.05) is 13.2 Å². The van der Waals surface area contributed by atoms with Gasteiger partial charge in [-0.2, -0.15) is 0 Å². The quantitative estimate of drug-likeness (QED) is 0.0254. The molecule has 0 aliphatic carbocycles.